The third-order valence-electron chi connectivity index (χ3n) is 7.26. The minimum absolute atomic E-state index is 0.156. The van der Waals surface area contributed by atoms with Gasteiger partial charge in [-0.1, -0.05) is 34.4 Å². The van der Waals surface area contributed by atoms with E-state index in [0.29, 0.717) is 51.5 Å². The van der Waals surface area contributed by atoms with Gasteiger partial charge in [0.2, 0.25) is 0 Å². The van der Waals surface area contributed by atoms with Crippen molar-refractivity contribution in [1.29, 1.82) is 5.26 Å². The fourth-order valence-electron chi connectivity index (χ4n) is 5.49. The standard InChI is InChI=1S/C26H24Cl2N4O2/c27-21-2-1-3-22(28)24(21)25-20(26(34-31-25)16-5-6-16)14-33-19-10-17-7-8-18(11-19)32(17)23-9-4-15(12-29)13-30-23/h1-4,9,13,16-19H,5-8,10-11,14H2. The fraction of sp³-hybridized carbons (Fsp3) is 0.423. The summed E-state index contributed by atoms with van der Waals surface area (Å²) in [6.45, 7) is 0.436. The lowest BCUT2D eigenvalue weighted by atomic mass is 9.99. The summed E-state index contributed by atoms with van der Waals surface area (Å²) in [7, 11) is 0. The Balaban J connectivity index is 1.20. The summed E-state index contributed by atoms with van der Waals surface area (Å²) in [6.07, 6.45) is 8.19. The van der Waals surface area contributed by atoms with Crippen LogP contribution in [0.25, 0.3) is 11.3 Å². The molecule has 4 heterocycles. The lowest BCUT2D eigenvalue weighted by molar-refractivity contribution is 0.0146. The van der Waals surface area contributed by atoms with Crippen molar-refractivity contribution in [1.82, 2.24) is 10.1 Å². The average Bonchev–Trinajstić information content (AvgIpc) is 3.55. The van der Waals surface area contributed by atoms with Crippen molar-refractivity contribution in [2.75, 3.05) is 4.90 Å². The molecule has 3 fully saturated rings. The zero-order valence-electron chi connectivity index (χ0n) is 18.6. The van der Waals surface area contributed by atoms with Gasteiger partial charge in [0.05, 0.1) is 28.3 Å². The number of ether oxygens (including phenoxy) is 1. The third kappa shape index (κ3) is 3.96. The molecule has 34 heavy (non-hydrogen) atoms. The second-order valence-electron chi connectivity index (χ2n) is 9.46. The summed E-state index contributed by atoms with van der Waals surface area (Å²) in [5.41, 5.74) is 2.96. The zero-order valence-corrected chi connectivity index (χ0v) is 20.1. The number of hydrogen-bond donors (Lipinski definition) is 0. The number of benzene rings is 1. The number of hydrogen-bond acceptors (Lipinski definition) is 6. The molecule has 2 saturated heterocycles. The fourth-order valence-corrected chi connectivity index (χ4v) is 6.07. The van der Waals surface area contributed by atoms with Crippen LogP contribution >= 0.6 is 23.2 Å². The van der Waals surface area contributed by atoms with Crippen molar-refractivity contribution in [3.05, 3.63) is 63.5 Å². The van der Waals surface area contributed by atoms with Crippen molar-refractivity contribution in [3.8, 4) is 17.3 Å². The van der Waals surface area contributed by atoms with Gasteiger partial charge in [-0.15, -0.1) is 0 Å². The summed E-state index contributed by atoms with van der Waals surface area (Å²) in [6, 6.07) is 12.2. The molecule has 1 saturated carbocycles. The van der Waals surface area contributed by atoms with Crippen LogP contribution in [0.15, 0.2) is 41.1 Å². The molecule has 174 valence electrons. The largest absolute Gasteiger partial charge is 0.373 e. The Morgan fingerprint density at radius 2 is 1.79 bits per heavy atom. The van der Waals surface area contributed by atoms with E-state index in [1.165, 1.54) is 0 Å². The molecule has 2 atom stereocenters. The smallest absolute Gasteiger partial charge is 0.145 e. The van der Waals surface area contributed by atoms with Gasteiger partial charge in [0, 0.05) is 35.3 Å². The van der Waals surface area contributed by atoms with Crippen molar-refractivity contribution < 1.29 is 9.26 Å². The minimum atomic E-state index is 0.156. The second-order valence-corrected chi connectivity index (χ2v) is 10.3. The molecule has 1 aromatic carbocycles. The van der Waals surface area contributed by atoms with E-state index >= 15 is 0 Å². The molecule has 0 spiro atoms. The SMILES string of the molecule is N#Cc1ccc(N2C3CCC2CC(OCc2c(-c4c(Cl)cccc4Cl)noc2C2CC2)C3)nc1. The molecule has 0 radical (unpaired) electrons. The van der Waals surface area contributed by atoms with Crippen LogP contribution in [0.1, 0.15) is 61.3 Å². The highest BCUT2D eigenvalue weighted by molar-refractivity contribution is 6.39. The van der Waals surface area contributed by atoms with E-state index in [1.807, 2.05) is 30.3 Å². The Morgan fingerprint density at radius 3 is 2.41 bits per heavy atom. The Hall–Kier alpha value is -2.59. The van der Waals surface area contributed by atoms with Gasteiger partial charge in [0.15, 0.2) is 0 Å². The summed E-state index contributed by atoms with van der Waals surface area (Å²) in [4.78, 5) is 6.96. The molecule has 0 N–H and O–H groups in total. The zero-order chi connectivity index (χ0) is 23.2. The number of fused-ring (bicyclic) bond motifs is 2. The Morgan fingerprint density at radius 1 is 1.06 bits per heavy atom. The predicted molar refractivity (Wildman–Crippen MR) is 130 cm³/mol. The molecule has 6 nitrogen and oxygen atoms in total. The summed E-state index contributed by atoms with van der Waals surface area (Å²) in [5.74, 6) is 2.27. The van der Waals surface area contributed by atoms with E-state index in [2.05, 4.69) is 21.1 Å². The number of nitriles is 1. The van der Waals surface area contributed by atoms with E-state index in [4.69, 9.17) is 37.7 Å². The molecule has 2 aliphatic heterocycles. The molecule has 1 aliphatic carbocycles. The Kier molecular flexibility index (Phi) is 5.73. The molecular formula is C26H24Cl2N4O2. The van der Waals surface area contributed by atoms with E-state index < -0.39 is 0 Å². The molecular weight excluding hydrogens is 471 g/mol. The van der Waals surface area contributed by atoms with Gasteiger partial charge in [-0.2, -0.15) is 5.26 Å². The molecule has 3 aromatic rings. The molecule has 2 bridgehead atoms. The van der Waals surface area contributed by atoms with Crippen molar-refractivity contribution in [3.63, 3.8) is 0 Å². The summed E-state index contributed by atoms with van der Waals surface area (Å²) < 4.78 is 12.3. The van der Waals surface area contributed by atoms with Crippen LogP contribution in [-0.4, -0.2) is 28.3 Å². The molecule has 2 unspecified atom stereocenters. The van der Waals surface area contributed by atoms with Crippen LogP contribution in [0, 0.1) is 11.3 Å². The van der Waals surface area contributed by atoms with Crippen LogP contribution < -0.4 is 4.90 Å². The third-order valence-corrected chi connectivity index (χ3v) is 7.89. The molecule has 3 aliphatic rings. The number of nitrogens with zero attached hydrogens (tertiary/aromatic N) is 4. The first-order valence-electron chi connectivity index (χ1n) is 11.8. The highest BCUT2D eigenvalue weighted by Gasteiger charge is 2.42. The first-order valence-corrected chi connectivity index (χ1v) is 12.6. The van der Waals surface area contributed by atoms with Gasteiger partial charge in [-0.25, -0.2) is 4.98 Å². The predicted octanol–water partition coefficient (Wildman–Crippen LogP) is 6.51. The van der Waals surface area contributed by atoms with E-state index in [-0.39, 0.29) is 6.10 Å². The van der Waals surface area contributed by atoms with Gasteiger partial charge >= 0.3 is 0 Å². The van der Waals surface area contributed by atoms with Crippen LogP contribution in [0.2, 0.25) is 10.0 Å². The summed E-state index contributed by atoms with van der Waals surface area (Å²) >= 11 is 13.0. The van der Waals surface area contributed by atoms with Gasteiger partial charge in [-0.05, 0) is 62.8 Å². The topological polar surface area (TPSA) is 75.2 Å². The maximum absolute atomic E-state index is 9.06. The first-order chi connectivity index (χ1) is 16.6. The number of halogens is 2. The minimum Gasteiger partial charge on any atom is -0.373 e. The van der Waals surface area contributed by atoms with Crippen molar-refractivity contribution in [2.24, 2.45) is 0 Å². The monoisotopic (exact) mass is 494 g/mol. The highest BCUT2D eigenvalue weighted by Crippen LogP contribution is 2.46. The number of piperidine rings is 1. The van der Waals surface area contributed by atoms with E-state index in [0.717, 1.165) is 55.7 Å². The van der Waals surface area contributed by atoms with Crippen LogP contribution in [0.3, 0.4) is 0 Å². The van der Waals surface area contributed by atoms with Gasteiger partial charge < -0.3 is 14.2 Å². The van der Waals surface area contributed by atoms with Crippen molar-refractivity contribution >= 4 is 29.0 Å². The number of anilines is 1. The molecule has 6 rings (SSSR count). The van der Waals surface area contributed by atoms with Crippen LogP contribution in [0.5, 0.6) is 0 Å². The Labute approximate surface area is 208 Å². The highest BCUT2D eigenvalue weighted by atomic mass is 35.5. The quantitative estimate of drug-likeness (QED) is 0.388. The first kappa shape index (κ1) is 21.9. The Bertz CT molecular complexity index is 1210. The normalized spacial score (nSPS) is 23.8. The van der Waals surface area contributed by atoms with Crippen molar-refractivity contribution in [2.45, 2.75) is 69.2 Å². The number of rotatable bonds is 6. The second kappa shape index (κ2) is 8.88. The molecule has 8 heteroatoms. The number of pyridine rings is 1. The van der Waals surface area contributed by atoms with Gasteiger partial charge in [0.1, 0.15) is 23.3 Å². The lowest BCUT2D eigenvalue weighted by Gasteiger charge is -2.39. The van der Waals surface area contributed by atoms with E-state index in [9.17, 15) is 0 Å². The lowest BCUT2D eigenvalue weighted by Crippen LogP contribution is -2.46. The maximum Gasteiger partial charge on any atom is 0.145 e. The van der Waals surface area contributed by atoms with Gasteiger partial charge in [-0.3, -0.25) is 0 Å². The maximum atomic E-state index is 9.06. The summed E-state index contributed by atoms with van der Waals surface area (Å²) in [5, 5.41) is 14.6. The van der Waals surface area contributed by atoms with Crippen LogP contribution in [-0.2, 0) is 11.3 Å². The van der Waals surface area contributed by atoms with E-state index in [1.54, 1.807) is 6.20 Å². The molecule has 0 amide bonds. The molecule has 2 aromatic heterocycles. The number of aromatic nitrogens is 2. The average molecular weight is 495 g/mol. The van der Waals surface area contributed by atoms with Gasteiger partial charge in [0.25, 0.3) is 0 Å². The van der Waals surface area contributed by atoms with Crippen LogP contribution in [0.4, 0.5) is 5.82 Å².